The zero-order chi connectivity index (χ0) is 14.8. The van der Waals surface area contributed by atoms with Crippen LogP contribution < -0.4 is 4.90 Å². The predicted molar refractivity (Wildman–Crippen MR) is 90.0 cm³/mol. The molecule has 0 unspecified atom stereocenters. The van der Waals surface area contributed by atoms with Gasteiger partial charge in [0.15, 0.2) is 0 Å². The molecule has 0 bridgehead atoms. The number of hydrogen-bond donors (Lipinski definition) is 0. The number of anilines is 1. The Morgan fingerprint density at radius 3 is 1.68 bits per heavy atom. The van der Waals surface area contributed by atoms with Gasteiger partial charge in [0.1, 0.15) is 0 Å². The maximum atomic E-state index is 6.13. The minimum Gasteiger partial charge on any atom is -0.371 e. The highest BCUT2D eigenvalue weighted by Gasteiger charge is 2.13. The second-order valence-electron chi connectivity index (χ2n) is 4.08. The van der Waals surface area contributed by atoms with Crippen LogP contribution in [0.1, 0.15) is 52.5 Å². The number of rotatable bonds is 1. The van der Waals surface area contributed by atoms with Gasteiger partial charge >= 0.3 is 0 Å². The fraction of sp³-hybridized carbons (Fsp3) is 0.625. The normalized spacial score (nSPS) is 13.9. The van der Waals surface area contributed by atoms with E-state index in [9.17, 15) is 0 Å². The molecule has 1 aromatic rings. The molecular formula is C16H27Cl2N. The summed E-state index contributed by atoms with van der Waals surface area (Å²) in [5.41, 5.74) is 2.13. The molecule has 1 heterocycles. The van der Waals surface area contributed by atoms with Gasteiger partial charge < -0.3 is 4.90 Å². The summed E-state index contributed by atoms with van der Waals surface area (Å²) < 4.78 is 0. The van der Waals surface area contributed by atoms with Crippen LogP contribution in [0.5, 0.6) is 0 Å². The van der Waals surface area contributed by atoms with Gasteiger partial charge in [0.2, 0.25) is 0 Å². The first-order valence-corrected chi connectivity index (χ1v) is 8.14. The van der Waals surface area contributed by atoms with Crippen molar-refractivity contribution in [3.63, 3.8) is 0 Å². The van der Waals surface area contributed by atoms with Crippen molar-refractivity contribution in [3.05, 3.63) is 27.7 Å². The fourth-order valence-corrected chi connectivity index (χ4v) is 2.44. The van der Waals surface area contributed by atoms with Crippen molar-refractivity contribution in [1.29, 1.82) is 0 Å². The lowest BCUT2D eigenvalue weighted by atomic mass is 10.1. The summed E-state index contributed by atoms with van der Waals surface area (Å²) in [6.45, 7) is 12.2. The Hall–Kier alpha value is -0.400. The Morgan fingerprint density at radius 2 is 1.26 bits per heavy atom. The second-order valence-corrected chi connectivity index (χ2v) is 4.90. The fourth-order valence-electron chi connectivity index (χ4n) is 1.97. The molecule has 1 nitrogen and oxygen atoms in total. The van der Waals surface area contributed by atoms with E-state index in [0.717, 1.165) is 34.4 Å². The molecule has 110 valence electrons. The van der Waals surface area contributed by atoms with Crippen LogP contribution in [-0.2, 0) is 0 Å². The van der Waals surface area contributed by atoms with E-state index in [1.807, 2.05) is 46.8 Å². The maximum Gasteiger partial charge on any atom is 0.0470 e. The molecule has 0 spiro atoms. The summed E-state index contributed by atoms with van der Waals surface area (Å²) in [5.74, 6) is 0. The summed E-state index contributed by atoms with van der Waals surface area (Å²) >= 11 is 12.3. The first-order valence-electron chi connectivity index (χ1n) is 7.39. The van der Waals surface area contributed by atoms with E-state index >= 15 is 0 Å². The third-order valence-electron chi connectivity index (χ3n) is 2.99. The van der Waals surface area contributed by atoms with Crippen LogP contribution >= 0.6 is 23.2 Å². The molecule has 0 aromatic heterocycles. The molecule has 0 saturated carbocycles. The average Bonchev–Trinajstić information content (AvgIpc) is 2.49. The SMILES string of the molecule is CC.CC.Cc1c(Cl)cc(N2CCCCC2)cc1Cl. The Kier molecular flexibility index (Phi) is 10.2. The lowest BCUT2D eigenvalue weighted by Crippen LogP contribution is -2.29. The Bertz CT molecular complexity index is 335. The van der Waals surface area contributed by atoms with Crippen LogP contribution in [0.4, 0.5) is 5.69 Å². The van der Waals surface area contributed by atoms with E-state index in [0.29, 0.717) is 0 Å². The summed E-state index contributed by atoms with van der Waals surface area (Å²) in [6, 6.07) is 4.04. The number of piperidine rings is 1. The molecule has 0 atom stereocenters. The molecule has 2 rings (SSSR count). The quantitative estimate of drug-likeness (QED) is 0.584. The van der Waals surface area contributed by atoms with Gasteiger partial charge in [-0.05, 0) is 43.9 Å². The van der Waals surface area contributed by atoms with Gasteiger partial charge in [-0.25, -0.2) is 0 Å². The van der Waals surface area contributed by atoms with E-state index in [-0.39, 0.29) is 0 Å². The Labute approximate surface area is 128 Å². The lowest BCUT2D eigenvalue weighted by Gasteiger charge is -2.29. The van der Waals surface area contributed by atoms with Gasteiger partial charge in [-0.1, -0.05) is 50.9 Å². The van der Waals surface area contributed by atoms with Crippen molar-refractivity contribution < 1.29 is 0 Å². The molecule has 1 saturated heterocycles. The van der Waals surface area contributed by atoms with Crippen LogP contribution in [0.15, 0.2) is 12.1 Å². The van der Waals surface area contributed by atoms with E-state index in [1.165, 1.54) is 19.3 Å². The van der Waals surface area contributed by atoms with Gasteiger partial charge in [-0.15, -0.1) is 0 Å². The van der Waals surface area contributed by atoms with Crippen LogP contribution in [0.3, 0.4) is 0 Å². The Morgan fingerprint density at radius 1 is 0.842 bits per heavy atom. The molecule has 1 aliphatic rings. The first kappa shape index (κ1) is 18.6. The lowest BCUT2D eigenvalue weighted by molar-refractivity contribution is 0.578. The number of nitrogens with zero attached hydrogens (tertiary/aromatic N) is 1. The van der Waals surface area contributed by atoms with Gasteiger partial charge in [-0.2, -0.15) is 0 Å². The zero-order valence-corrected chi connectivity index (χ0v) is 14.4. The number of halogens is 2. The van der Waals surface area contributed by atoms with Crippen molar-refractivity contribution in [2.45, 2.75) is 53.9 Å². The predicted octanol–water partition coefficient (Wildman–Crippen LogP) is 6.34. The third-order valence-corrected chi connectivity index (χ3v) is 3.77. The van der Waals surface area contributed by atoms with Crippen molar-refractivity contribution in [1.82, 2.24) is 0 Å². The van der Waals surface area contributed by atoms with Crippen LogP contribution in [0.25, 0.3) is 0 Å². The topological polar surface area (TPSA) is 3.24 Å². The summed E-state index contributed by atoms with van der Waals surface area (Å²) in [5, 5.41) is 1.53. The first-order chi connectivity index (χ1) is 9.18. The highest BCUT2D eigenvalue weighted by Crippen LogP contribution is 2.31. The van der Waals surface area contributed by atoms with Gasteiger partial charge in [0, 0.05) is 28.8 Å². The highest BCUT2D eigenvalue weighted by molar-refractivity contribution is 6.36. The molecule has 1 fully saturated rings. The molecule has 0 aliphatic carbocycles. The van der Waals surface area contributed by atoms with Crippen molar-refractivity contribution in [2.75, 3.05) is 18.0 Å². The maximum absolute atomic E-state index is 6.13. The van der Waals surface area contributed by atoms with Gasteiger partial charge in [0.25, 0.3) is 0 Å². The summed E-state index contributed by atoms with van der Waals surface area (Å²) in [6.07, 6.45) is 3.87. The third kappa shape index (κ3) is 5.62. The molecule has 1 aromatic carbocycles. The highest BCUT2D eigenvalue weighted by atomic mass is 35.5. The second kappa shape index (κ2) is 10.4. The van der Waals surface area contributed by atoms with E-state index in [1.54, 1.807) is 0 Å². The molecule has 3 heteroatoms. The number of benzene rings is 1. The smallest absolute Gasteiger partial charge is 0.0470 e. The summed E-state index contributed by atoms with van der Waals surface area (Å²) in [4.78, 5) is 2.36. The average molecular weight is 304 g/mol. The largest absolute Gasteiger partial charge is 0.371 e. The molecule has 1 aliphatic heterocycles. The van der Waals surface area contributed by atoms with Crippen molar-refractivity contribution in [2.24, 2.45) is 0 Å². The molecular weight excluding hydrogens is 277 g/mol. The summed E-state index contributed by atoms with van der Waals surface area (Å²) in [7, 11) is 0. The monoisotopic (exact) mass is 303 g/mol. The molecule has 19 heavy (non-hydrogen) atoms. The van der Waals surface area contributed by atoms with Crippen molar-refractivity contribution in [3.8, 4) is 0 Å². The minimum absolute atomic E-state index is 0.767. The Balaban J connectivity index is 0.000000741. The van der Waals surface area contributed by atoms with Crippen molar-refractivity contribution >= 4 is 28.9 Å². The van der Waals surface area contributed by atoms with E-state index in [4.69, 9.17) is 23.2 Å². The minimum atomic E-state index is 0.767. The molecule has 0 N–H and O–H groups in total. The van der Waals surface area contributed by atoms with Crippen LogP contribution in [0.2, 0.25) is 10.0 Å². The van der Waals surface area contributed by atoms with Gasteiger partial charge in [-0.3, -0.25) is 0 Å². The zero-order valence-electron chi connectivity index (χ0n) is 12.9. The van der Waals surface area contributed by atoms with E-state index in [2.05, 4.69) is 4.90 Å². The standard InChI is InChI=1S/C12H15Cl2N.2C2H6/c1-9-11(13)7-10(8-12(9)14)15-5-3-2-4-6-15;2*1-2/h7-8H,2-6H2,1H3;2*1-2H3. The number of hydrogen-bond acceptors (Lipinski definition) is 1. The molecule has 0 amide bonds. The van der Waals surface area contributed by atoms with E-state index < -0.39 is 0 Å². The van der Waals surface area contributed by atoms with Crippen LogP contribution in [0, 0.1) is 6.92 Å². The van der Waals surface area contributed by atoms with Crippen LogP contribution in [-0.4, -0.2) is 13.1 Å². The van der Waals surface area contributed by atoms with Gasteiger partial charge in [0.05, 0.1) is 0 Å². The molecule has 0 radical (unpaired) electrons.